The highest BCUT2D eigenvalue weighted by Gasteiger charge is 2.27. The third-order valence-electron chi connectivity index (χ3n) is 2.90. The van der Waals surface area contributed by atoms with Crippen molar-refractivity contribution in [3.63, 3.8) is 0 Å². The summed E-state index contributed by atoms with van der Waals surface area (Å²) in [5.41, 5.74) is 3.88. The van der Waals surface area contributed by atoms with Crippen LogP contribution < -0.4 is 0 Å². The Balaban J connectivity index is 2.23. The summed E-state index contributed by atoms with van der Waals surface area (Å²) in [6.45, 7) is 0. The van der Waals surface area contributed by atoms with Crippen molar-refractivity contribution < 1.29 is 9.59 Å². The minimum absolute atomic E-state index is 0.177. The molecule has 1 aromatic carbocycles. The first-order valence-electron chi connectivity index (χ1n) is 5.04. The van der Waals surface area contributed by atoms with Crippen molar-refractivity contribution in [2.24, 2.45) is 0 Å². The molecule has 16 heavy (non-hydrogen) atoms. The molecule has 0 unspecified atom stereocenters. The quantitative estimate of drug-likeness (QED) is 0.523. The van der Waals surface area contributed by atoms with Crippen LogP contribution in [-0.2, 0) is 9.59 Å². The first-order valence-corrected chi connectivity index (χ1v) is 5.04. The summed E-state index contributed by atoms with van der Waals surface area (Å²) in [5.74, 6) is -0.177. The summed E-state index contributed by atoms with van der Waals surface area (Å²) >= 11 is 0. The van der Waals surface area contributed by atoms with Gasteiger partial charge in [-0.05, 0) is 28.9 Å². The molecule has 0 radical (unpaired) electrons. The minimum Gasteiger partial charge on any atom is -0.298 e. The predicted octanol–water partition coefficient (Wildman–Crippen LogP) is 2.17. The van der Waals surface area contributed by atoms with Gasteiger partial charge in [0.05, 0.1) is 5.57 Å². The summed E-state index contributed by atoms with van der Waals surface area (Å²) < 4.78 is 0. The molecular formula is C14H8O2. The summed E-state index contributed by atoms with van der Waals surface area (Å²) in [6.07, 6.45) is 5.88. The third-order valence-corrected chi connectivity index (χ3v) is 2.90. The predicted molar refractivity (Wildman–Crippen MR) is 61.6 cm³/mol. The molecule has 1 aromatic rings. The summed E-state index contributed by atoms with van der Waals surface area (Å²) in [4.78, 5) is 22.6. The van der Waals surface area contributed by atoms with Crippen LogP contribution in [0, 0.1) is 0 Å². The number of rotatable bonds is 1. The lowest BCUT2D eigenvalue weighted by Gasteiger charge is -2.09. The lowest BCUT2D eigenvalue weighted by Crippen LogP contribution is -2.10. The largest absolute Gasteiger partial charge is 0.298 e. The molecule has 0 fully saturated rings. The van der Waals surface area contributed by atoms with Crippen molar-refractivity contribution in [2.75, 3.05) is 0 Å². The second-order valence-electron chi connectivity index (χ2n) is 3.79. The van der Waals surface area contributed by atoms with Crippen molar-refractivity contribution in [2.45, 2.75) is 0 Å². The van der Waals surface area contributed by atoms with E-state index in [1.165, 1.54) is 0 Å². The van der Waals surface area contributed by atoms with E-state index in [0.717, 1.165) is 16.7 Å². The highest BCUT2D eigenvalue weighted by atomic mass is 16.1. The van der Waals surface area contributed by atoms with Gasteiger partial charge in [-0.15, -0.1) is 0 Å². The highest BCUT2D eigenvalue weighted by Crippen LogP contribution is 2.38. The average molecular weight is 208 g/mol. The molecule has 0 spiro atoms. The molecule has 0 aromatic heterocycles. The normalized spacial score (nSPS) is 17.0. The van der Waals surface area contributed by atoms with Crippen molar-refractivity contribution in [1.29, 1.82) is 0 Å². The minimum atomic E-state index is -0.177. The molecule has 0 saturated heterocycles. The molecule has 0 N–H and O–H groups in total. The van der Waals surface area contributed by atoms with Crippen molar-refractivity contribution in [3.8, 4) is 0 Å². The Morgan fingerprint density at radius 1 is 1.00 bits per heavy atom. The maximum absolute atomic E-state index is 11.9. The Morgan fingerprint density at radius 2 is 1.81 bits per heavy atom. The number of carbonyl (C=O) groups excluding carboxylic acids is 2. The van der Waals surface area contributed by atoms with Crippen LogP contribution >= 0.6 is 0 Å². The van der Waals surface area contributed by atoms with Crippen LogP contribution in [0.4, 0.5) is 0 Å². The number of benzene rings is 1. The second kappa shape index (κ2) is 3.14. The van der Waals surface area contributed by atoms with E-state index in [-0.39, 0.29) is 11.4 Å². The Morgan fingerprint density at radius 3 is 2.62 bits per heavy atom. The SMILES string of the molecule is O=CC1=CC=C2C(=Cc3ccccc32)C1=O. The molecule has 0 heterocycles. The zero-order chi connectivity index (χ0) is 11.1. The number of fused-ring (bicyclic) bond motifs is 3. The van der Waals surface area contributed by atoms with Crippen LogP contribution in [0.25, 0.3) is 11.6 Å². The molecule has 3 rings (SSSR count). The maximum Gasteiger partial charge on any atom is 0.196 e. The first kappa shape index (κ1) is 9.04. The van der Waals surface area contributed by atoms with Crippen LogP contribution in [0.2, 0.25) is 0 Å². The van der Waals surface area contributed by atoms with Gasteiger partial charge in [-0.25, -0.2) is 0 Å². The van der Waals surface area contributed by atoms with Gasteiger partial charge in [0.1, 0.15) is 0 Å². The van der Waals surface area contributed by atoms with Crippen LogP contribution in [0.5, 0.6) is 0 Å². The molecule has 0 bridgehead atoms. The lowest BCUT2D eigenvalue weighted by atomic mass is 9.92. The number of hydrogen-bond donors (Lipinski definition) is 0. The Kier molecular flexibility index (Phi) is 1.77. The monoisotopic (exact) mass is 208 g/mol. The molecule has 2 nitrogen and oxygen atoms in total. The van der Waals surface area contributed by atoms with Crippen molar-refractivity contribution >= 4 is 23.7 Å². The number of Topliss-reactive ketones (excluding diaryl/α,β-unsaturated/α-hetero) is 1. The average Bonchev–Trinajstić information content (AvgIpc) is 2.69. The fraction of sp³-hybridized carbons (Fsp3) is 0. The molecule has 0 aliphatic heterocycles. The fourth-order valence-corrected chi connectivity index (χ4v) is 2.11. The maximum atomic E-state index is 11.9. The number of carbonyl (C=O) groups is 2. The van der Waals surface area contributed by atoms with Gasteiger partial charge in [0.2, 0.25) is 0 Å². The zero-order valence-electron chi connectivity index (χ0n) is 8.44. The topological polar surface area (TPSA) is 34.1 Å². The molecule has 2 aliphatic carbocycles. The molecule has 0 amide bonds. The Hall–Kier alpha value is -2.22. The molecule has 2 aliphatic rings. The van der Waals surface area contributed by atoms with Crippen LogP contribution in [0.15, 0.2) is 47.6 Å². The van der Waals surface area contributed by atoms with Gasteiger partial charge in [-0.2, -0.15) is 0 Å². The van der Waals surface area contributed by atoms with Gasteiger partial charge >= 0.3 is 0 Å². The van der Waals surface area contributed by atoms with E-state index in [9.17, 15) is 9.59 Å². The number of hydrogen-bond acceptors (Lipinski definition) is 2. The van der Waals surface area contributed by atoms with Gasteiger partial charge < -0.3 is 0 Å². The molecule has 76 valence electrons. The van der Waals surface area contributed by atoms with Crippen LogP contribution in [0.3, 0.4) is 0 Å². The second-order valence-corrected chi connectivity index (χ2v) is 3.79. The lowest BCUT2D eigenvalue weighted by molar-refractivity contribution is -0.114. The van der Waals surface area contributed by atoms with Gasteiger partial charge in [0.15, 0.2) is 12.1 Å². The summed E-state index contributed by atoms with van der Waals surface area (Å²) in [5, 5.41) is 0. The fourth-order valence-electron chi connectivity index (χ4n) is 2.11. The molecule has 0 saturated carbocycles. The van der Waals surface area contributed by atoms with Crippen molar-refractivity contribution in [3.05, 3.63) is 58.7 Å². The van der Waals surface area contributed by atoms with Crippen LogP contribution in [0.1, 0.15) is 11.1 Å². The van der Waals surface area contributed by atoms with E-state index in [0.29, 0.717) is 11.9 Å². The number of allylic oxidation sites excluding steroid dienone is 5. The summed E-state index contributed by atoms with van der Waals surface area (Å²) in [6, 6.07) is 7.83. The summed E-state index contributed by atoms with van der Waals surface area (Å²) in [7, 11) is 0. The number of aldehydes is 1. The van der Waals surface area contributed by atoms with E-state index >= 15 is 0 Å². The smallest absolute Gasteiger partial charge is 0.196 e. The third kappa shape index (κ3) is 1.07. The van der Waals surface area contributed by atoms with E-state index in [2.05, 4.69) is 0 Å². The zero-order valence-corrected chi connectivity index (χ0v) is 8.44. The first-order chi connectivity index (χ1) is 7.81. The van der Waals surface area contributed by atoms with Crippen molar-refractivity contribution in [1.82, 2.24) is 0 Å². The Labute approximate surface area is 92.6 Å². The van der Waals surface area contributed by atoms with Gasteiger partial charge in [-0.1, -0.05) is 30.3 Å². The molecular weight excluding hydrogens is 200 g/mol. The Bertz CT molecular complexity index is 601. The van der Waals surface area contributed by atoms with Crippen LogP contribution in [-0.4, -0.2) is 12.1 Å². The highest BCUT2D eigenvalue weighted by molar-refractivity contribution is 6.31. The number of ketones is 1. The standard InChI is InChI=1S/C14H8O2/c15-8-10-5-6-12-11-4-2-1-3-9(11)7-13(12)14(10)16/h1-8H. The van der Waals surface area contributed by atoms with E-state index in [1.807, 2.05) is 36.4 Å². The van der Waals surface area contributed by atoms with E-state index in [1.54, 1.807) is 6.08 Å². The van der Waals surface area contributed by atoms with Gasteiger partial charge in [0.25, 0.3) is 0 Å². The molecule has 0 atom stereocenters. The van der Waals surface area contributed by atoms with Gasteiger partial charge in [0, 0.05) is 5.57 Å². The van der Waals surface area contributed by atoms with E-state index in [4.69, 9.17) is 0 Å². The molecule has 2 heteroatoms. The van der Waals surface area contributed by atoms with Gasteiger partial charge in [-0.3, -0.25) is 9.59 Å². The van der Waals surface area contributed by atoms with E-state index < -0.39 is 0 Å².